The maximum absolute atomic E-state index is 12.7. The number of amides is 1. The van der Waals surface area contributed by atoms with E-state index < -0.39 is 0 Å². The number of carbonyl (C=O) groups excluding carboxylic acids is 1. The van der Waals surface area contributed by atoms with E-state index in [1.165, 1.54) is 5.56 Å². The van der Waals surface area contributed by atoms with Crippen LogP contribution in [-0.4, -0.2) is 41.4 Å². The Hall–Kier alpha value is -1.84. The van der Waals surface area contributed by atoms with Crippen LogP contribution in [-0.2, 0) is 13.0 Å². The first-order valence-corrected chi connectivity index (χ1v) is 8.44. The number of fused-ring (bicyclic) bond motifs is 2. The van der Waals surface area contributed by atoms with Gasteiger partial charge in [-0.05, 0) is 29.7 Å². The van der Waals surface area contributed by atoms with E-state index in [2.05, 4.69) is 29.2 Å². The summed E-state index contributed by atoms with van der Waals surface area (Å²) in [4.78, 5) is 17.2. The molecule has 2 aliphatic heterocycles. The van der Waals surface area contributed by atoms with Crippen LogP contribution in [0.25, 0.3) is 0 Å². The molecule has 4 rings (SSSR count). The molecule has 3 nitrogen and oxygen atoms in total. The average Bonchev–Trinajstić information content (AvgIpc) is 2.57. The number of nitrogens with zero attached hydrogens (tertiary/aromatic N) is 2. The molecular weight excluding hydrogens is 308 g/mol. The van der Waals surface area contributed by atoms with Gasteiger partial charge in [0.25, 0.3) is 5.91 Å². The van der Waals surface area contributed by atoms with E-state index in [0.29, 0.717) is 5.02 Å². The first kappa shape index (κ1) is 14.7. The van der Waals surface area contributed by atoms with Crippen molar-refractivity contribution in [1.82, 2.24) is 9.80 Å². The average molecular weight is 327 g/mol. The molecule has 1 atom stereocenters. The normalized spacial score (nSPS) is 21.0. The van der Waals surface area contributed by atoms with Crippen molar-refractivity contribution in [1.29, 1.82) is 0 Å². The van der Waals surface area contributed by atoms with Crippen molar-refractivity contribution in [3.05, 3.63) is 70.2 Å². The molecule has 2 aromatic carbocycles. The Balaban J connectivity index is 1.52. The van der Waals surface area contributed by atoms with Crippen LogP contribution in [0, 0.1) is 0 Å². The fourth-order valence-electron chi connectivity index (χ4n) is 3.68. The molecule has 2 aromatic rings. The van der Waals surface area contributed by atoms with E-state index >= 15 is 0 Å². The van der Waals surface area contributed by atoms with Crippen molar-refractivity contribution in [2.45, 2.75) is 19.0 Å². The predicted molar refractivity (Wildman–Crippen MR) is 91.7 cm³/mol. The Morgan fingerprint density at radius 3 is 2.74 bits per heavy atom. The second-order valence-corrected chi connectivity index (χ2v) is 6.82. The van der Waals surface area contributed by atoms with E-state index in [1.807, 2.05) is 29.2 Å². The molecule has 0 N–H and O–H groups in total. The summed E-state index contributed by atoms with van der Waals surface area (Å²) in [7, 11) is 0. The van der Waals surface area contributed by atoms with Crippen molar-refractivity contribution in [2.24, 2.45) is 0 Å². The zero-order chi connectivity index (χ0) is 15.8. The van der Waals surface area contributed by atoms with E-state index in [1.54, 1.807) is 0 Å². The molecule has 0 spiro atoms. The van der Waals surface area contributed by atoms with Gasteiger partial charge in [-0.2, -0.15) is 0 Å². The van der Waals surface area contributed by atoms with E-state index in [-0.39, 0.29) is 11.9 Å². The molecule has 0 radical (unpaired) electrons. The zero-order valence-electron chi connectivity index (χ0n) is 12.9. The van der Waals surface area contributed by atoms with Gasteiger partial charge in [-0.1, -0.05) is 48.0 Å². The maximum Gasteiger partial charge on any atom is 0.254 e. The minimum Gasteiger partial charge on any atom is -0.333 e. The molecule has 0 aliphatic carbocycles. The molecule has 0 unspecified atom stereocenters. The Morgan fingerprint density at radius 2 is 1.91 bits per heavy atom. The van der Waals surface area contributed by atoms with Crippen molar-refractivity contribution in [3.8, 4) is 0 Å². The summed E-state index contributed by atoms with van der Waals surface area (Å²) < 4.78 is 0. The smallest absolute Gasteiger partial charge is 0.254 e. The highest BCUT2D eigenvalue weighted by Crippen LogP contribution is 2.28. The molecule has 0 bridgehead atoms. The highest BCUT2D eigenvalue weighted by Gasteiger charge is 2.36. The molecule has 1 amide bonds. The monoisotopic (exact) mass is 326 g/mol. The van der Waals surface area contributed by atoms with Crippen molar-refractivity contribution < 1.29 is 4.79 Å². The van der Waals surface area contributed by atoms with Crippen LogP contribution in [0.15, 0.2) is 48.5 Å². The summed E-state index contributed by atoms with van der Waals surface area (Å²) >= 11 is 6.05. The van der Waals surface area contributed by atoms with Crippen LogP contribution in [0.3, 0.4) is 0 Å². The van der Waals surface area contributed by atoms with E-state index in [4.69, 9.17) is 11.6 Å². The van der Waals surface area contributed by atoms with Crippen LogP contribution in [0.5, 0.6) is 0 Å². The van der Waals surface area contributed by atoms with Gasteiger partial charge in [0.1, 0.15) is 0 Å². The summed E-state index contributed by atoms with van der Waals surface area (Å²) in [6, 6.07) is 16.5. The minimum atomic E-state index is 0.137. The van der Waals surface area contributed by atoms with Gasteiger partial charge in [0.15, 0.2) is 0 Å². The van der Waals surface area contributed by atoms with Crippen LogP contribution >= 0.6 is 11.6 Å². The number of piperazine rings is 1. The number of benzene rings is 2. The van der Waals surface area contributed by atoms with Crippen LogP contribution in [0.1, 0.15) is 21.5 Å². The van der Waals surface area contributed by atoms with Gasteiger partial charge in [0.05, 0.1) is 0 Å². The Morgan fingerprint density at radius 1 is 1.09 bits per heavy atom. The molecule has 2 heterocycles. The molecular formula is C19H19ClN2O. The van der Waals surface area contributed by atoms with Gasteiger partial charge < -0.3 is 4.90 Å². The topological polar surface area (TPSA) is 23.6 Å². The quantitative estimate of drug-likeness (QED) is 0.846. The SMILES string of the molecule is O=C1c2cc(Cl)ccc2C[C@@H]2CN(Cc3ccccc3)CCN12. The van der Waals surface area contributed by atoms with Gasteiger partial charge in [0, 0.05) is 42.8 Å². The lowest BCUT2D eigenvalue weighted by atomic mass is 9.91. The highest BCUT2D eigenvalue weighted by atomic mass is 35.5. The number of halogens is 1. The molecule has 1 saturated heterocycles. The molecule has 0 saturated carbocycles. The van der Waals surface area contributed by atoms with Crippen LogP contribution in [0.4, 0.5) is 0 Å². The fourth-order valence-corrected chi connectivity index (χ4v) is 3.85. The van der Waals surface area contributed by atoms with Gasteiger partial charge in [0.2, 0.25) is 0 Å². The second-order valence-electron chi connectivity index (χ2n) is 6.38. The van der Waals surface area contributed by atoms with Crippen molar-refractivity contribution >= 4 is 17.5 Å². The summed E-state index contributed by atoms with van der Waals surface area (Å²) in [5, 5.41) is 0.637. The van der Waals surface area contributed by atoms with Crippen LogP contribution < -0.4 is 0 Å². The lowest BCUT2D eigenvalue weighted by Gasteiger charge is -2.44. The number of hydrogen-bond donors (Lipinski definition) is 0. The van der Waals surface area contributed by atoms with Gasteiger partial charge >= 0.3 is 0 Å². The summed E-state index contributed by atoms with van der Waals surface area (Å²) in [5.74, 6) is 0.137. The third-order valence-electron chi connectivity index (χ3n) is 4.83. The van der Waals surface area contributed by atoms with Gasteiger partial charge in [-0.25, -0.2) is 0 Å². The summed E-state index contributed by atoms with van der Waals surface area (Å²) in [6.45, 7) is 3.60. The lowest BCUT2D eigenvalue weighted by Crippen LogP contribution is -2.57. The molecule has 4 heteroatoms. The molecule has 2 aliphatic rings. The number of carbonyl (C=O) groups is 1. The van der Waals surface area contributed by atoms with Crippen molar-refractivity contribution in [2.75, 3.05) is 19.6 Å². The van der Waals surface area contributed by atoms with Gasteiger partial charge in [-0.15, -0.1) is 0 Å². The molecule has 118 valence electrons. The van der Waals surface area contributed by atoms with Gasteiger partial charge in [-0.3, -0.25) is 9.69 Å². The third-order valence-corrected chi connectivity index (χ3v) is 5.07. The Bertz CT molecular complexity index is 731. The number of hydrogen-bond acceptors (Lipinski definition) is 2. The Labute approximate surface area is 141 Å². The predicted octanol–water partition coefficient (Wildman–Crippen LogP) is 3.22. The first-order valence-electron chi connectivity index (χ1n) is 8.06. The zero-order valence-corrected chi connectivity index (χ0v) is 13.7. The largest absolute Gasteiger partial charge is 0.333 e. The maximum atomic E-state index is 12.7. The summed E-state index contributed by atoms with van der Waals surface area (Å²) in [5.41, 5.74) is 3.24. The van der Waals surface area contributed by atoms with Crippen LogP contribution in [0.2, 0.25) is 5.02 Å². The minimum absolute atomic E-state index is 0.137. The Kier molecular flexibility index (Phi) is 3.83. The number of rotatable bonds is 2. The third kappa shape index (κ3) is 2.87. The standard InChI is InChI=1S/C19H19ClN2O/c20-16-7-6-15-10-17-13-21(12-14-4-2-1-3-5-14)8-9-22(17)19(23)18(15)11-16/h1-7,11,17H,8-10,12-13H2/t17-/m1/s1. The first-order chi connectivity index (χ1) is 11.2. The van der Waals surface area contributed by atoms with Crippen molar-refractivity contribution in [3.63, 3.8) is 0 Å². The molecule has 23 heavy (non-hydrogen) atoms. The lowest BCUT2D eigenvalue weighted by molar-refractivity contribution is 0.0402. The van der Waals surface area contributed by atoms with E-state index in [9.17, 15) is 4.79 Å². The summed E-state index contributed by atoms with van der Waals surface area (Å²) in [6.07, 6.45) is 0.920. The molecule has 1 fully saturated rings. The van der Waals surface area contributed by atoms with E-state index in [0.717, 1.165) is 43.7 Å². The second kappa shape index (κ2) is 5.99. The fraction of sp³-hybridized carbons (Fsp3) is 0.316. The highest BCUT2D eigenvalue weighted by molar-refractivity contribution is 6.31. The molecule has 0 aromatic heterocycles.